The maximum Gasteiger partial charge on any atom is 0.320 e. The van der Waals surface area contributed by atoms with Crippen LogP contribution in [-0.4, -0.2) is 5.11 Å². The van der Waals surface area contributed by atoms with Crippen molar-refractivity contribution in [1.82, 2.24) is 0 Å². The number of hydrogen-bond donors (Lipinski definition) is 1. The van der Waals surface area contributed by atoms with E-state index in [4.69, 9.17) is 0 Å². The second kappa shape index (κ2) is 5.82. The summed E-state index contributed by atoms with van der Waals surface area (Å²) in [7, 11) is 0. The molecule has 0 radical (unpaired) electrons. The van der Waals surface area contributed by atoms with Crippen molar-refractivity contribution < 1.29 is 5.11 Å². The lowest BCUT2D eigenvalue weighted by Crippen LogP contribution is -2.10. The Bertz CT molecular complexity index is 765. The second-order valence-electron chi connectivity index (χ2n) is 6.32. The molecule has 0 amide bonds. The van der Waals surface area contributed by atoms with Gasteiger partial charge in [0, 0.05) is 11.1 Å². The minimum Gasteiger partial charge on any atom is -0.481 e. The van der Waals surface area contributed by atoms with Crippen LogP contribution in [-0.2, 0) is 5.41 Å². The van der Waals surface area contributed by atoms with Crippen molar-refractivity contribution in [3.8, 4) is 25.3 Å². The van der Waals surface area contributed by atoms with Crippen LogP contribution in [0.3, 0.4) is 0 Å². The standard InChI is InChI=1S/C19H18OS2/c1-19(2,3)15-11-9-14(10-12-15)18-21-16(17(20)22-18)13-7-5-4-6-8-13/h4-12H,1-3H3/p+1. The van der Waals surface area contributed by atoms with Crippen molar-refractivity contribution in [2.75, 3.05) is 0 Å². The Kier molecular flexibility index (Phi) is 4.02. The zero-order chi connectivity index (χ0) is 15.7. The van der Waals surface area contributed by atoms with E-state index in [1.807, 2.05) is 30.3 Å². The van der Waals surface area contributed by atoms with Gasteiger partial charge in [-0.05, 0) is 23.1 Å². The quantitative estimate of drug-likeness (QED) is 0.538. The van der Waals surface area contributed by atoms with E-state index < -0.39 is 0 Å². The molecule has 0 aliphatic heterocycles. The molecular weight excluding hydrogens is 308 g/mol. The van der Waals surface area contributed by atoms with Gasteiger partial charge in [-0.25, -0.2) is 0 Å². The average Bonchev–Trinajstić information content (AvgIpc) is 2.89. The number of aromatic hydroxyl groups is 1. The second-order valence-corrected chi connectivity index (χ2v) is 8.60. The zero-order valence-corrected chi connectivity index (χ0v) is 14.6. The van der Waals surface area contributed by atoms with Gasteiger partial charge >= 0.3 is 5.06 Å². The highest BCUT2D eigenvalue weighted by Gasteiger charge is 2.25. The van der Waals surface area contributed by atoms with Crippen LogP contribution in [0.1, 0.15) is 26.3 Å². The Balaban J connectivity index is 1.97. The Labute approximate surface area is 139 Å². The van der Waals surface area contributed by atoms with Gasteiger partial charge in [0.25, 0.3) is 4.19 Å². The van der Waals surface area contributed by atoms with Crippen molar-refractivity contribution >= 4 is 22.7 Å². The summed E-state index contributed by atoms with van der Waals surface area (Å²) in [4.78, 5) is 0.945. The minimum absolute atomic E-state index is 0.161. The molecule has 3 heteroatoms. The van der Waals surface area contributed by atoms with Crippen LogP contribution in [0.15, 0.2) is 54.6 Å². The molecule has 0 aliphatic rings. The van der Waals surface area contributed by atoms with Crippen molar-refractivity contribution in [2.24, 2.45) is 0 Å². The number of rotatable bonds is 2. The van der Waals surface area contributed by atoms with Gasteiger partial charge in [-0.1, -0.05) is 63.2 Å². The van der Waals surface area contributed by atoms with Crippen molar-refractivity contribution in [3.63, 3.8) is 0 Å². The van der Waals surface area contributed by atoms with Gasteiger partial charge in [0.15, 0.2) is 0 Å². The van der Waals surface area contributed by atoms with Crippen LogP contribution < -0.4 is 0 Å². The van der Waals surface area contributed by atoms with Crippen molar-refractivity contribution in [3.05, 3.63) is 60.2 Å². The first-order valence-electron chi connectivity index (χ1n) is 7.27. The van der Waals surface area contributed by atoms with E-state index in [1.165, 1.54) is 22.5 Å². The summed E-state index contributed by atoms with van der Waals surface area (Å²) in [6, 6.07) is 18.7. The van der Waals surface area contributed by atoms with Crippen molar-refractivity contribution in [1.29, 1.82) is 0 Å². The molecule has 0 unspecified atom stereocenters. The van der Waals surface area contributed by atoms with E-state index in [1.54, 1.807) is 11.3 Å². The lowest BCUT2D eigenvalue weighted by molar-refractivity contribution is 0.493. The van der Waals surface area contributed by atoms with Gasteiger partial charge in [-0.2, -0.15) is 0 Å². The minimum atomic E-state index is 0.161. The van der Waals surface area contributed by atoms with E-state index >= 15 is 0 Å². The van der Waals surface area contributed by atoms with Gasteiger partial charge in [0.2, 0.25) is 4.88 Å². The molecule has 1 heterocycles. The Morgan fingerprint density at radius 3 is 2.09 bits per heavy atom. The van der Waals surface area contributed by atoms with Crippen LogP contribution in [0.4, 0.5) is 0 Å². The molecule has 22 heavy (non-hydrogen) atoms. The van der Waals surface area contributed by atoms with Gasteiger partial charge in [0.05, 0.1) is 11.3 Å². The van der Waals surface area contributed by atoms with Crippen LogP contribution >= 0.6 is 22.7 Å². The molecule has 1 aromatic heterocycles. The average molecular weight is 327 g/mol. The summed E-state index contributed by atoms with van der Waals surface area (Å²) < 4.78 is 1.14. The molecule has 0 spiro atoms. The fourth-order valence-corrected chi connectivity index (χ4v) is 4.61. The maximum atomic E-state index is 10.3. The first-order chi connectivity index (χ1) is 10.4. The smallest absolute Gasteiger partial charge is 0.320 e. The summed E-state index contributed by atoms with van der Waals surface area (Å²) >= 11 is 3.10. The molecule has 0 atom stereocenters. The molecule has 0 aliphatic carbocycles. The van der Waals surface area contributed by atoms with Gasteiger partial charge < -0.3 is 5.11 Å². The molecule has 0 saturated carbocycles. The van der Waals surface area contributed by atoms with Crippen LogP contribution in [0.2, 0.25) is 0 Å². The summed E-state index contributed by atoms with van der Waals surface area (Å²) in [5.41, 5.74) is 3.72. The molecule has 2 aromatic carbocycles. The summed E-state index contributed by atoms with van der Waals surface area (Å²) in [6.07, 6.45) is 0. The van der Waals surface area contributed by atoms with E-state index in [0.29, 0.717) is 5.06 Å². The third kappa shape index (κ3) is 3.06. The highest BCUT2D eigenvalue weighted by atomic mass is 32.2. The summed E-state index contributed by atoms with van der Waals surface area (Å²) in [5.74, 6) is 0. The summed E-state index contributed by atoms with van der Waals surface area (Å²) in [5, 5.41) is 10.7. The fraction of sp³-hybridized carbons (Fsp3) is 0.211. The summed E-state index contributed by atoms with van der Waals surface area (Å²) in [6.45, 7) is 6.65. The predicted molar refractivity (Wildman–Crippen MR) is 97.8 cm³/mol. The molecule has 3 aromatic rings. The normalized spacial score (nSPS) is 11.6. The molecule has 0 fully saturated rings. The molecule has 3 rings (SSSR count). The Hall–Kier alpha value is -1.71. The van der Waals surface area contributed by atoms with Gasteiger partial charge in [0.1, 0.15) is 11.3 Å². The zero-order valence-electron chi connectivity index (χ0n) is 13.0. The lowest BCUT2D eigenvalue weighted by atomic mass is 9.87. The fourth-order valence-electron chi connectivity index (χ4n) is 2.29. The van der Waals surface area contributed by atoms with E-state index in [0.717, 1.165) is 14.6 Å². The van der Waals surface area contributed by atoms with E-state index in [9.17, 15) is 5.11 Å². The van der Waals surface area contributed by atoms with Gasteiger partial charge in [-0.15, -0.1) is 0 Å². The third-order valence-electron chi connectivity index (χ3n) is 3.60. The molecule has 1 nitrogen and oxygen atoms in total. The van der Waals surface area contributed by atoms with Crippen molar-refractivity contribution in [2.45, 2.75) is 26.2 Å². The number of benzene rings is 2. The molecule has 1 N–H and O–H groups in total. The SMILES string of the molecule is CC(C)(C)c1ccc(-c2sc(-c3ccccc3)c(O)[s+]2)cc1. The molecular formula is C19H19OS2+. The molecule has 112 valence electrons. The first-order valence-corrected chi connectivity index (χ1v) is 8.91. The van der Waals surface area contributed by atoms with E-state index in [2.05, 4.69) is 45.0 Å². The topological polar surface area (TPSA) is 20.2 Å². The predicted octanol–water partition coefficient (Wildman–Crippen LogP) is 6.43. The van der Waals surface area contributed by atoms with Crippen LogP contribution in [0.5, 0.6) is 5.06 Å². The van der Waals surface area contributed by atoms with Crippen LogP contribution in [0, 0.1) is 0 Å². The highest BCUT2D eigenvalue weighted by Crippen LogP contribution is 2.46. The monoisotopic (exact) mass is 327 g/mol. The third-order valence-corrected chi connectivity index (χ3v) is 6.10. The van der Waals surface area contributed by atoms with Crippen LogP contribution in [0.25, 0.3) is 20.2 Å². The molecule has 0 saturated heterocycles. The Morgan fingerprint density at radius 2 is 1.50 bits per heavy atom. The largest absolute Gasteiger partial charge is 0.481 e. The van der Waals surface area contributed by atoms with Gasteiger partial charge in [-0.3, -0.25) is 0 Å². The van der Waals surface area contributed by atoms with E-state index in [-0.39, 0.29) is 5.41 Å². The maximum absolute atomic E-state index is 10.3. The molecule has 0 bridgehead atoms. The first kappa shape index (κ1) is 15.2. The number of hydrogen-bond acceptors (Lipinski definition) is 2. The lowest BCUT2D eigenvalue weighted by Gasteiger charge is -2.18. The highest BCUT2D eigenvalue weighted by molar-refractivity contribution is 7.39. The Morgan fingerprint density at radius 1 is 0.864 bits per heavy atom.